The second-order valence-electron chi connectivity index (χ2n) is 4.44. The number of hydrogen-bond acceptors (Lipinski definition) is 4. The zero-order chi connectivity index (χ0) is 11.7. The summed E-state index contributed by atoms with van der Waals surface area (Å²) in [6, 6.07) is 0. The van der Waals surface area contributed by atoms with Crippen molar-refractivity contribution in [2.24, 2.45) is 0 Å². The zero-order valence-electron chi connectivity index (χ0n) is 9.52. The maximum Gasteiger partial charge on any atom is 0.138 e. The van der Waals surface area contributed by atoms with Gasteiger partial charge in [0.1, 0.15) is 17.3 Å². The number of rotatable bonds is 2. The lowest BCUT2D eigenvalue weighted by Crippen LogP contribution is -2.24. The van der Waals surface area contributed by atoms with Crippen molar-refractivity contribution < 1.29 is 5.11 Å². The summed E-state index contributed by atoms with van der Waals surface area (Å²) in [4.78, 5) is 10.4. The van der Waals surface area contributed by atoms with Crippen LogP contribution in [0.25, 0.3) is 0 Å². The minimum absolute atomic E-state index is 0.256. The second-order valence-corrected chi connectivity index (χ2v) is 4.80. The Kier molecular flexibility index (Phi) is 3.30. The average molecular weight is 242 g/mol. The van der Waals surface area contributed by atoms with E-state index in [1.54, 1.807) is 0 Å². The van der Waals surface area contributed by atoms with Crippen LogP contribution in [-0.4, -0.2) is 34.3 Å². The van der Waals surface area contributed by atoms with Gasteiger partial charge in [-0.1, -0.05) is 25.4 Å². The predicted octanol–water partition coefficient (Wildman–Crippen LogP) is 1.82. The molecule has 16 heavy (non-hydrogen) atoms. The molecule has 1 unspecified atom stereocenters. The monoisotopic (exact) mass is 241 g/mol. The van der Waals surface area contributed by atoms with Gasteiger partial charge < -0.3 is 10.0 Å². The summed E-state index contributed by atoms with van der Waals surface area (Å²) in [6.45, 7) is 5.60. The molecule has 88 valence electrons. The van der Waals surface area contributed by atoms with Gasteiger partial charge >= 0.3 is 0 Å². The third-order valence-electron chi connectivity index (χ3n) is 2.85. The third-order valence-corrected chi connectivity index (χ3v) is 3.16. The summed E-state index contributed by atoms with van der Waals surface area (Å²) < 4.78 is 0. The number of β-amino-alcohol motifs (C(OH)–C–C–N with tert-alkyl or cyclic N) is 1. The highest BCUT2D eigenvalue weighted by Gasteiger charge is 2.25. The molecular weight excluding hydrogens is 226 g/mol. The van der Waals surface area contributed by atoms with Crippen LogP contribution in [0.1, 0.15) is 31.7 Å². The fraction of sp³-hybridized carbons (Fsp3) is 0.636. The molecule has 2 rings (SSSR count). The van der Waals surface area contributed by atoms with E-state index in [-0.39, 0.29) is 12.0 Å². The van der Waals surface area contributed by atoms with Crippen molar-refractivity contribution in [3.05, 3.63) is 17.0 Å². The largest absolute Gasteiger partial charge is 0.391 e. The number of aliphatic hydroxyl groups is 1. The van der Waals surface area contributed by atoms with Crippen molar-refractivity contribution in [2.45, 2.75) is 32.3 Å². The summed E-state index contributed by atoms with van der Waals surface area (Å²) in [5.74, 6) is 1.15. The molecule has 0 spiro atoms. The Balaban J connectivity index is 2.36. The average Bonchev–Trinajstić information content (AvgIpc) is 2.63. The van der Waals surface area contributed by atoms with Gasteiger partial charge in [-0.2, -0.15) is 0 Å². The van der Waals surface area contributed by atoms with Crippen LogP contribution >= 0.6 is 11.6 Å². The smallest absolute Gasteiger partial charge is 0.138 e. The van der Waals surface area contributed by atoms with E-state index >= 15 is 0 Å². The molecule has 0 radical (unpaired) electrons. The highest BCUT2D eigenvalue weighted by Crippen LogP contribution is 2.32. The molecule has 1 atom stereocenters. The van der Waals surface area contributed by atoms with Gasteiger partial charge in [-0.25, -0.2) is 9.97 Å². The normalized spacial score (nSPS) is 20.8. The molecule has 0 aromatic carbocycles. The highest BCUT2D eigenvalue weighted by atomic mass is 35.5. The Morgan fingerprint density at radius 1 is 1.50 bits per heavy atom. The van der Waals surface area contributed by atoms with E-state index in [0.717, 1.165) is 24.3 Å². The third kappa shape index (κ3) is 2.13. The molecular formula is C11H16ClN3O. The Morgan fingerprint density at radius 2 is 2.25 bits per heavy atom. The van der Waals surface area contributed by atoms with Crippen molar-refractivity contribution >= 4 is 17.4 Å². The van der Waals surface area contributed by atoms with Crippen LogP contribution in [-0.2, 0) is 0 Å². The van der Waals surface area contributed by atoms with Gasteiger partial charge in [-0.05, 0) is 12.3 Å². The van der Waals surface area contributed by atoms with Gasteiger partial charge in [0.25, 0.3) is 0 Å². The van der Waals surface area contributed by atoms with E-state index in [9.17, 15) is 5.11 Å². The molecule has 0 saturated carbocycles. The van der Waals surface area contributed by atoms with Crippen molar-refractivity contribution in [2.75, 3.05) is 18.0 Å². The first kappa shape index (κ1) is 11.6. The van der Waals surface area contributed by atoms with Crippen molar-refractivity contribution in [1.29, 1.82) is 0 Å². The molecule has 1 aliphatic rings. The maximum atomic E-state index is 9.54. The fourth-order valence-electron chi connectivity index (χ4n) is 2.05. The Labute approximate surface area is 100 Å². The minimum Gasteiger partial charge on any atom is -0.391 e. The summed E-state index contributed by atoms with van der Waals surface area (Å²) in [7, 11) is 0. The van der Waals surface area contributed by atoms with Gasteiger partial charge in [0.15, 0.2) is 0 Å². The molecule has 1 fully saturated rings. The van der Waals surface area contributed by atoms with Crippen LogP contribution in [0.15, 0.2) is 6.33 Å². The molecule has 0 amide bonds. The second kappa shape index (κ2) is 4.55. The topological polar surface area (TPSA) is 49.2 Å². The first-order valence-electron chi connectivity index (χ1n) is 5.53. The van der Waals surface area contributed by atoms with Crippen molar-refractivity contribution in [3.63, 3.8) is 0 Å². The lowest BCUT2D eigenvalue weighted by Gasteiger charge is -2.21. The zero-order valence-corrected chi connectivity index (χ0v) is 10.3. The molecule has 0 aliphatic carbocycles. The van der Waals surface area contributed by atoms with Crippen LogP contribution in [0.5, 0.6) is 0 Å². The molecule has 1 saturated heterocycles. The van der Waals surface area contributed by atoms with Gasteiger partial charge in [0.05, 0.1) is 6.10 Å². The Hall–Kier alpha value is -0.870. The highest BCUT2D eigenvalue weighted by molar-refractivity contribution is 6.30. The molecule has 2 heterocycles. The molecule has 1 aromatic heterocycles. The summed E-state index contributed by atoms with van der Waals surface area (Å²) in [6.07, 6.45) is 2.02. The molecule has 0 bridgehead atoms. The molecule has 1 aliphatic heterocycles. The van der Waals surface area contributed by atoms with E-state index < -0.39 is 0 Å². The van der Waals surface area contributed by atoms with E-state index in [2.05, 4.69) is 28.7 Å². The van der Waals surface area contributed by atoms with Gasteiger partial charge in [0, 0.05) is 18.7 Å². The standard InChI is InChI=1S/C11H16ClN3O/c1-7(2)9-10(12)13-6-14-11(9)15-4-3-8(16)5-15/h6-8,16H,3-5H2,1-2H3. The minimum atomic E-state index is -0.256. The van der Waals surface area contributed by atoms with E-state index in [4.69, 9.17) is 11.6 Å². The van der Waals surface area contributed by atoms with Crippen LogP contribution < -0.4 is 4.90 Å². The summed E-state index contributed by atoms with van der Waals surface area (Å²) in [5, 5.41) is 10.1. The van der Waals surface area contributed by atoms with Crippen LogP contribution in [0.3, 0.4) is 0 Å². The number of hydrogen-bond donors (Lipinski definition) is 1. The SMILES string of the molecule is CC(C)c1c(Cl)ncnc1N1CCC(O)C1. The van der Waals surface area contributed by atoms with Gasteiger partial charge in [0.2, 0.25) is 0 Å². The van der Waals surface area contributed by atoms with Crippen LogP contribution in [0.4, 0.5) is 5.82 Å². The number of anilines is 1. The molecule has 4 nitrogen and oxygen atoms in total. The van der Waals surface area contributed by atoms with Crippen LogP contribution in [0.2, 0.25) is 5.15 Å². The maximum absolute atomic E-state index is 9.54. The predicted molar refractivity (Wildman–Crippen MR) is 64.0 cm³/mol. The molecule has 1 N–H and O–H groups in total. The number of halogens is 1. The van der Waals surface area contributed by atoms with Gasteiger partial charge in [-0.3, -0.25) is 0 Å². The van der Waals surface area contributed by atoms with E-state index in [0.29, 0.717) is 11.7 Å². The van der Waals surface area contributed by atoms with E-state index in [1.165, 1.54) is 6.33 Å². The molecule has 5 heteroatoms. The lowest BCUT2D eigenvalue weighted by molar-refractivity contribution is 0.198. The number of aromatic nitrogens is 2. The first-order chi connectivity index (χ1) is 7.59. The van der Waals surface area contributed by atoms with Crippen molar-refractivity contribution in [3.8, 4) is 0 Å². The molecule has 1 aromatic rings. The van der Waals surface area contributed by atoms with Gasteiger partial charge in [-0.15, -0.1) is 0 Å². The number of nitrogens with zero attached hydrogens (tertiary/aromatic N) is 3. The lowest BCUT2D eigenvalue weighted by atomic mass is 10.1. The Morgan fingerprint density at radius 3 is 2.81 bits per heavy atom. The van der Waals surface area contributed by atoms with E-state index in [1.807, 2.05) is 0 Å². The Bertz CT molecular complexity index is 383. The quantitative estimate of drug-likeness (QED) is 0.803. The fourth-order valence-corrected chi connectivity index (χ4v) is 2.39. The van der Waals surface area contributed by atoms with Crippen molar-refractivity contribution in [1.82, 2.24) is 9.97 Å². The number of aliphatic hydroxyl groups excluding tert-OH is 1. The van der Waals surface area contributed by atoms with Crippen LogP contribution in [0, 0.1) is 0 Å². The first-order valence-corrected chi connectivity index (χ1v) is 5.90. The summed E-state index contributed by atoms with van der Waals surface area (Å²) >= 11 is 6.10. The summed E-state index contributed by atoms with van der Waals surface area (Å²) in [5.41, 5.74) is 0.971.